The van der Waals surface area contributed by atoms with E-state index in [1.54, 1.807) is 12.3 Å². The number of allylic oxidation sites excluding steroid dienone is 4. The lowest BCUT2D eigenvalue weighted by Gasteiger charge is -2.26. The molecule has 0 amide bonds. The number of hydrogen-bond donors (Lipinski definition) is 2. The predicted molar refractivity (Wildman–Crippen MR) is 162 cm³/mol. The summed E-state index contributed by atoms with van der Waals surface area (Å²) in [5.74, 6) is 0. The Bertz CT molecular complexity index is 1250. The van der Waals surface area contributed by atoms with Gasteiger partial charge in [0.25, 0.3) is 5.56 Å². The van der Waals surface area contributed by atoms with Crippen molar-refractivity contribution in [3.63, 3.8) is 0 Å². The molecule has 1 saturated heterocycles. The molecule has 204 valence electrons. The zero-order valence-corrected chi connectivity index (χ0v) is 23.8. The number of aryl methyl sites for hydroxylation is 3. The first kappa shape index (κ1) is 30.7. The van der Waals surface area contributed by atoms with Gasteiger partial charge in [0.2, 0.25) is 0 Å². The van der Waals surface area contributed by atoms with Crippen molar-refractivity contribution in [2.75, 3.05) is 39.9 Å². The number of H-pyrrole nitrogens is 1. The summed E-state index contributed by atoms with van der Waals surface area (Å²) in [6.07, 6.45) is 7.76. The van der Waals surface area contributed by atoms with Crippen LogP contribution in [0.5, 0.6) is 0 Å². The molecule has 1 aliphatic rings. The molecule has 0 atom stereocenters. The molecule has 3 aromatic rings. The van der Waals surface area contributed by atoms with Gasteiger partial charge >= 0.3 is 0 Å². The first-order valence-corrected chi connectivity index (χ1v) is 13.3. The number of morpholine rings is 1. The van der Waals surface area contributed by atoms with E-state index in [0.29, 0.717) is 11.1 Å². The maximum Gasteiger partial charge on any atom is 0.257 e. The molecule has 4 rings (SSSR count). The van der Waals surface area contributed by atoms with Crippen LogP contribution < -0.4 is 10.9 Å². The molecule has 0 saturated carbocycles. The third kappa shape index (κ3) is 10.1. The van der Waals surface area contributed by atoms with E-state index in [4.69, 9.17) is 4.74 Å². The average molecular weight is 517 g/mol. The van der Waals surface area contributed by atoms with Gasteiger partial charge in [-0.15, -0.1) is 0 Å². The Labute approximate surface area is 228 Å². The number of aromatic nitrogens is 2. The van der Waals surface area contributed by atoms with Crippen LogP contribution in [0.3, 0.4) is 0 Å². The summed E-state index contributed by atoms with van der Waals surface area (Å²) >= 11 is 0. The van der Waals surface area contributed by atoms with Crippen LogP contribution in [0.4, 0.5) is 0 Å². The second-order valence-corrected chi connectivity index (χ2v) is 9.36. The fraction of sp³-hybridized carbons (Fsp3) is 0.375. The highest BCUT2D eigenvalue weighted by atomic mass is 16.5. The number of ether oxygens (including phenoxy) is 1. The maximum atomic E-state index is 11.6. The number of aromatic amines is 1. The Kier molecular flexibility index (Phi) is 13.3. The summed E-state index contributed by atoms with van der Waals surface area (Å²) in [6, 6.07) is 12.6. The van der Waals surface area contributed by atoms with Crippen LogP contribution in [-0.2, 0) is 11.2 Å². The summed E-state index contributed by atoms with van der Waals surface area (Å²) in [5.41, 5.74) is 6.12. The lowest BCUT2D eigenvalue weighted by molar-refractivity contribution is 0.0375. The highest BCUT2D eigenvalue weighted by Gasteiger charge is 2.09. The molecule has 1 aromatic carbocycles. The van der Waals surface area contributed by atoms with Gasteiger partial charge in [0.15, 0.2) is 0 Å². The van der Waals surface area contributed by atoms with Crippen LogP contribution in [0.15, 0.2) is 78.4 Å². The van der Waals surface area contributed by atoms with E-state index in [2.05, 4.69) is 64.5 Å². The SMILES string of the molecule is C/C=C(\C)NC.C=CC(=C)c1cc2cc[nH]c(=O)c2c(C)n1.Cc1ccc(CCCN2CCOCC2)cc1. The van der Waals surface area contributed by atoms with Crippen molar-refractivity contribution < 1.29 is 4.74 Å². The number of nitrogens with zero attached hydrogens (tertiary/aromatic N) is 2. The molecule has 0 unspecified atom stereocenters. The van der Waals surface area contributed by atoms with Crippen molar-refractivity contribution in [1.29, 1.82) is 0 Å². The number of rotatable bonds is 7. The maximum absolute atomic E-state index is 11.6. The summed E-state index contributed by atoms with van der Waals surface area (Å²) in [6.45, 7) is 20.7. The molecule has 1 aliphatic heterocycles. The minimum Gasteiger partial charge on any atom is -0.392 e. The molecule has 3 heterocycles. The van der Waals surface area contributed by atoms with Gasteiger partial charge in [-0.25, -0.2) is 0 Å². The summed E-state index contributed by atoms with van der Waals surface area (Å²) < 4.78 is 5.34. The number of nitrogens with one attached hydrogen (secondary N) is 2. The lowest BCUT2D eigenvalue weighted by atomic mass is 10.1. The number of fused-ring (bicyclic) bond motifs is 1. The monoisotopic (exact) mass is 516 g/mol. The first-order valence-electron chi connectivity index (χ1n) is 13.3. The fourth-order valence-electron chi connectivity index (χ4n) is 3.90. The zero-order valence-electron chi connectivity index (χ0n) is 23.8. The van der Waals surface area contributed by atoms with Gasteiger partial charge in [-0.2, -0.15) is 0 Å². The van der Waals surface area contributed by atoms with Crippen LogP contribution in [-0.4, -0.2) is 54.8 Å². The molecule has 2 aromatic heterocycles. The summed E-state index contributed by atoms with van der Waals surface area (Å²) in [4.78, 5) is 21.1. The number of pyridine rings is 2. The zero-order chi connectivity index (χ0) is 27.9. The second kappa shape index (κ2) is 16.4. The van der Waals surface area contributed by atoms with E-state index in [0.717, 1.165) is 43.0 Å². The minimum atomic E-state index is -0.113. The third-order valence-electron chi connectivity index (χ3n) is 6.50. The molecule has 6 heteroatoms. The molecule has 0 aliphatic carbocycles. The Morgan fingerprint density at radius 2 is 1.87 bits per heavy atom. The fourth-order valence-corrected chi connectivity index (χ4v) is 3.90. The van der Waals surface area contributed by atoms with Crippen LogP contribution in [0.1, 0.15) is 42.8 Å². The molecule has 0 spiro atoms. The van der Waals surface area contributed by atoms with Crippen LogP contribution >= 0.6 is 0 Å². The van der Waals surface area contributed by atoms with E-state index in [9.17, 15) is 4.79 Å². The van der Waals surface area contributed by atoms with Gasteiger partial charge in [-0.3, -0.25) is 14.7 Å². The molecular formula is C32H44N4O2. The molecule has 6 nitrogen and oxygen atoms in total. The quantitative estimate of drug-likeness (QED) is 0.387. The summed E-state index contributed by atoms with van der Waals surface area (Å²) in [7, 11) is 1.91. The van der Waals surface area contributed by atoms with Gasteiger partial charge in [0.05, 0.1) is 30.0 Å². The van der Waals surface area contributed by atoms with E-state index in [1.165, 1.54) is 36.2 Å². The average Bonchev–Trinajstić information content (AvgIpc) is 2.94. The standard InChI is InChI=1S/C14H21NO.C13H12N2O.C5H11N/c1-13-4-6-14(7-5-13)3-2-8-15-9-11-16-12-10-15;1-4-8(2)11-7-10-5-6-14-13(16)12(10)9(3)15-11;1-4-5(2)6-3/h4-7H,2-3,8-12H2,1H3;4-7H,1-2H2,3H3,(H,14,16);4,6H,1-3H3/b;;5-4+. The highest BCUT2D eigenvalue weighted by Crippen LogP contribution is 2.18. The third-order valence-corrected chi connectivity index (χ3v) is 6.50. The van der Waals surface area contributed by atoms with E-state index in [1.807, 2.05) is 46.0 Å². The lowest BCUT2D eigenvalue weighted by Crippen LogP contribution is -2.36. The van der Waals surface area contributed by atoms with E-state index in [-0.39, 0.29) is 5.56 Å². The Morgan fingerprint density at radius 1 is 1.18 bits per heavy atom. The van der Waals surface area contributed by atoms with Gasteiger partial charge in [-0.05, 0) is 75.7 Å². The highest BCUT2D eigenvalue weighted by molar-refractivity contribution is 5.86. The van der Waals surface area contributed by atoms with Crippen LogP contribution in [0.25, 0.3) is 16.3 Å². The topological polar surface area (TPSA) is 70.2 Å². The van der Waals surface area contributed by atoms with Gasteiger partial charge in [-0.1, -0.05) is 55.1 Å². The number of hydrogen-bond acceptors (Lipinski definition) is 5. The summed E-state index contributed by atoms with van der Waals surface area (Å²) in [5, 5.41) is 4.47. The van der Waals surface area contributed by atoms with Gasteiger partial charge in [0, 0.05) is 32.0 Å². The molecule has 0 bridgehead atoms. The first-order chi connectivity index (χ1) is 18.3. The van der Waals surface area contributed by atoms with Gasteiger partial charge < -0.3 is 15.0 Å². The molecule has 0 radical (unpaired) electrons. The molecule has 2 N–H and O–H groups in total. The molecule has 38 heavy (non-hydrogen) atoms. The normalized spacial score (nSPS) is 13.6. The van der Waals surface area contributed by atoms with Crippen molar-refractivity contribution in [1.82, 2.24) is 20.2 Å². The van der Waals surface area contributed by atoms with Crippen molar-refractivity contribution >= 4 is 16.3 Å². The molecular weight excluding hydrogens is 472 g/mol. The Hall–Kier alpha value is -3.48. The minimum absolute atomic E-state index is 0.113. The van der Waals surface area contributed by atoms with Crippen molar-refractivity contribution in [2.24, 2.45) is 0 Å². The largest absolute Gasteiger partial charge is 0.392 e. The van der Waals surface area contributed by atoms with E-state index < -0.39 is 0 Å². The molecule has 1 fully saturated rings. The Morgan fingerprint density at radius 3 is 2.45 bits per heavy atom. The van der Waals surface area contributed by atoms with Gasteiger partial charge in [0.1, 0.15) is 0 Å². The van der Waals surface area contributed by atoms with Crippen molar-refractivity contribution in [3.8, 4) is 0 Å². The number of benzene rings is 1. The Balaban J connectivity index is 0.000000221. The van der Waals surface area contributed by atoms with Crippen LogP contribution in [0, 0.1) is 13.8 Å². The van der Waals surface area contributed by atoms with E-state index >= 15 is 0 Å². The van der Waals surface area contributed by atoms with Crippen LogP contribution in [0.2, 0.25) is 0 Å². The second-order valence-electron chi connectivity index (χ2n) is 9.36. The smallest absolute Gasteiger partial charge is 0.257 e. The van der Waals surface area contributed by atoms with Crippen molar-refractivity contribution in [3.05, 3.63) is 106 Å². The van der Waals surface area contributed by atoms with Crippen molar-refractivity contribution in [2.45, 2.75) is 40.5 Å². The predicted octanol–water partition coefficient (Wildman–Crippen LogP) is 5.82.